The molecule has 0 rings (SSSR count). The molecular weight excluding hydrogens is 224 g/mol. The van der Waals surface area contributed by atoms with Gasteiger partial charge in [-0.2, -0.15) is 0 Å². The third-order valence-electron chi connectivity index (χ3n) is 2.62. The lowest BCUT2D eigenvalue weighted by Crippen LogP contribution is -2.38. The Morgan fingerprint density at radius 3 is 2.00 bits per heavy atom. The summed E-state index contributed by atoms with van der Waals surface area (Å²) in [5, 5.41) is 5.32. The van der Waals surface area contributed by atoms with E-state index >= 15 is 0 Å². The normalized spacial score (nSPS) is 13.2. The Hall–Kier alpha value is -1.09. The Labute approximate surface area is 113 Å². The van der Waals surface area contributed by atoms with Gasteiger partial charge in [0, 0.05) is 7.05 Å². The summed E-state index contributed by atoms with van der Waals surface area (Å²) < 4.78 is 0. The molecule has 0 aromatic rings. The number of hydrogen-bond acceptors (Lipinski definition) is 2. The molecule has 0 saturated carbocycles. The van der Waals surface area contributed by atoms with Crippen molar-refractivity contribution in [3.8, 4) is 0 Å². The fourth-order valence-corrected chi connectivity index (χ4v) is 1.22. The molecule has 0 radical (unpaired) electrons. The van der Waals surface area contributed by atoms with Crippen molar-refractivity contribution in [1.29, 1.82) is 0 Å². The molecule has 0 fully saturated rings. The summed E-state index contributed by atoms with van der Waals surface area (Å²) in [5.41, 5.74) is 1.43. The van der Waals surface area contributed by atoms with Crippen molar-refractivity contribution < 1.29 is 4.79 Å². The van der Waals surface area contributed by atoms with Gasteiger partial charge >= 0.3 is 0 Å². The van der Waals surface area contributed by atoms with E-state index < -0.39 is 0 Å². The lowest BCUT2D eigenvalue weighted by Gasteiger charge is -2.05. The van der Waals surface area contributed by atoms with E-state index in [9.17, 15) is 4.79 Å². The number of hydrogen-bond donors (Lipinski definition) is 2. The van der Waals surface area contributed by atoms with E-state index in [1.807, 2.05) is 0 Å². The highest BCUT2D eigenvalue weighted by molar-refractivity contribution is 5.80. The average molecular weight is 254 g/mol. The van der Waals surface area contributed by atoms with Gasteiger partial charge in [0.15, 0.2) is 0 Å². The average Bonchev–Trinajstić information content (AvgIpc) is 2.38. The molecule has 2 N–H and O–H groups in total. The first-order valence-corrected chi connectivity index (χ1v) is 6.66. The molecule has 0 aromatic heterocycles. The maximum atomic E-state index is 10.6. The van der Waals surface area contributed by atoms with Crippen molar-refractivity contribution in [3.63, 3.8) is 0 Å². The van der Waals surface area contributed by atoms with E-state index in [0.29, 0.717) is 5.92 Å². The number of nitrogens with one attached hydrogen (secondary N) is 2. The zero-order valence-electron chi connectivity index (χ0n) is 13.0. The highest BCUT2D eigenvalue weighted by Gasteiger charge is 2.04. The molecule has 0 aliphatic carbocycles. The number of carbonyl (C=O) groups is 1. The van der Waals surface area contributed by atoms with Crippen molar-refractivity contribution in [2.75, 3.05) is 14.1 Å². The van der Waals surface area contributed by atoms with Gasteiger partial charge in [0.1, 0.15) is 0 Å². The smallest absolute Gasteiger partial charge is 0.236 e. The van der Waals surface area contributed by atoms with Gasteiger partial charge in [-0.15, -0.1) is 0 Å². The lowest BCUT2D eigenvalue weighted by molar-refractivity contribution is -0.122. The van der Waals surface area contributed by atoms with Crippen LogP contribution in [0.4, 0.5) is 0 Å². The van der Waals surface area contributed by atoms with E-state index in [1.165, 1.54) is 5.57 Å². The summed E-state index contributed by atoms with van der Waals surface area (Å²) >= 11 is 0. The first-order valence-electron chi connectivity index (χ1n) is 6.66. The van der Waals surface area contributed by atoms with Gasteiger partial charge in [-0.1, -0.05) is 44.6 Å². The van der Waals surface area contributed by atoms with Crippen molar-refractivity contribution in [3.05, 3.63) is 23.8 Å². The summed E-state index contributed by atoms with van der Waals surface area (Å²) in [4.78, 5) is 10.6. The Balaban J connectivity index is 0. The zero-order valence-corrected chi connectivity index (χ0v) is 13.0. The van der Waals surface area contributed by atoms with Crippen LogP contribution in [0.2, 0.25) is 0 Å². The van der Waals surface area contributed by atoms with Crippen molar-refractivity contribution in [2.45, 2.75) is 47.1 Å². The Kier molecular flexibility index (Phi) is 13.2. The zero-order chi connectivity index (χ0) is 14.6. The Bertz CT molecular complexity index is 268. The molecule has 0 aliphatic heterocycles. The molecule has 0 heterocycles. The van der Waals surface area contributed by atoms with Crippen LogP contribution in [-0.4, -0.2) is 26.0 Å². The molecule has 1 unspecified atom stereocenters. The van der Waals surface area contributed by atoms with Crippen molar-refractivity contribution in [1.82, 2.24) is 10.6 Å². The van der Waals surface area contributed by atoms with Crippen molar-refractivity contribution >= 4 is 5.91 Å². The lowest BCUT2D eigenvalue weighted by atomic mass is 10.0. The highest BCUT2D eigenvalue weighted by Crippen LogP contribution is 2.10. The van der Waals surface area contributed by atoms with Gasteiger partial charge < -0.3 is 10.6 Å². The molecule has 18 heavy (non-hydrogen) atoms. The van der Waals surface area contributed by atoms with Gasteiger partial charge in [0.05, 0.1) is 6.04 Å². The largest absolute Gasteiger partial charge is 0.358 e. The first-order chi connectivity index (χ1) is 8.44. The number of amides is 1. The molecule has 0 saturated heterocycles. The number of carbonyl (C=O) groups excluding carboxylic acids is 1. The molecule has 1 atom stereocenters. The van der Waals surface area contributed by atoms with Crippen LogP contribution in [0.25, 0.3) is 0 Å². The minimum atomic E-state index is -0.0833. The maximum Gasteiger partial charge on any atom is 0.236 e. The van der Waals surface area contributed by atoms with Crippen LogP contribution in [0, 0.1) is 5.92 Å². The predicted octanol–water partition coefficient (Wildman–Crippen LogP) is 2.90. The third-order valence-corrected chi connectivity index (χ3v) is 2.62. The third kappa shape index (κ3) is 10.1. The second-order valence-electron chi connectivity index (χ2n) is 4.38. The Morgan fingerprint density at radius 2 is 1.78 bits per heavy atom. The second kappa shape index (κ2) is 12.4. The van der Waals surface area contributed by atoms with Gasteiger partial charge in [-0.05, 0) is 33.2 Å². The number of allylic oxidation sites excluding steroid dienone is 4. The molecular formula is C15H30N2O. The van der Waals surface area contributed by atoms with Gasteiger partial charge in [-0.3, -0.25) is 4.79 Å². The number of likely N-dealkylation sites (N-methyl/N-ethyl adjacent to an activating group) is 2. The summed E-state index contributed by atoms with van der Waals surface area (Å²) in [5.74, 6) is 0.681. The first kappa shape index (κ1) is 19.3. The molecule has 0 aliphatic rings. The van der Waals surface area contributed by atoms with Crippen LogP contribution in [0.5, 0.6) is 0 Å². The number of rotatable bonds is 5. The molecule has 0 bridgehead atoms. The standard InChI is InChI=1S/C10H18.C5H12N2O/c1-5-7-8-10(6-2)9(3)4;1-4(6-2)5(8)7-3/h6-9H,5H2,1-4H3;4,6H,1-3H3,(H,7,8)/b8-7-,10-6+;. The Morgan fingerprint density at radius 1 is 1.22 bits per heavy atom. The van der Waals surface area contributed by atoms with E-state index in [0.717, 1.165) is 6.42 Å². The predicted molar refractivity (Wildman–Crippen MR) is 80.6 cm³/mol. The van der Waals surface area contributed by atoms with Crippen LogP contribution >= 0.6 is 0 Å². The van der Waals surface area contributed by atoms with E-state index in [2.05, 4.69) is 56.6 Å². The summed E-state index contributed by atoms with van der Waals surface area (Å²) in [7, 11) is 3.37. The summed E-state index contributed by atoms with van der Waals surface area (Å²) in [6.07, 6.45) is 7.72. The van der Waals surface area contributed by atoms with Gasteiger partial charge in [0.25, 0.3) is 0 Å². The van der Waals surface area contributed by atoms with E-state index in [-0.39, 0.29) is 11.9 Å². The van der Waals surface area contributed by atoms with Crippen molar-refractivity contribution in [2.24, 2.45) is 5.92 Å². The van der Waals surface area contributed by atoms with Gasteiger partial charge in [-0.25, -0.2) is 0 Å². The SMILES string of the molecule is C/C=C(\C=C/CC)C(C)C.CNC(=O)C(C)NC. The van der Waals surface area contributed by atoms with Crippen LogP contribution in [0.1, 0.15) is 41.0 Å². The minimum Gasteiger partial charge on any atom is -0.358 e. The van der Waals surface area contributed by atoms with E-state index in [4.69, 9.17) is 0 Å². The van der Waals surface area contributed by atoms with E-state index in [1.54, 1.807) is 21.0 Å². The summed E-state index contributed by atoms with van der Waals surface area (Å²) in [6, 6.07) is -0.0833. The monoisotopic (exact) mass is 254 g/mol. The quantitative estimate of drug-likeness (QED) is 0.741. The maximum absolute atomic E-state index is 10.6. The molecule has 3 heteroatoms. The molecule has 106 valence electrons. The van der Waals surface area contributed by atoms with Crippen LogP contribution in [0.3, 0.4) is 0 Å². The molecule has 0 aromatic carbocycles. The van der Waals surface area contributed by atoms with Crippen LogP contribution in [-0.2, 0) is 4.79 Å². The fourth-order valence-electron chi connectivity index (χ4n) is 1.22. The fraction of sp³-hybridized carbons (Fsp3) is 0.667. The van der Waals surface area contributed by atoms with Crippen LogP contribution in [0.15, 0.2) is 23.8 Å². The van der Waals surface area contributed by atoms with Gasteiger partial charge in [0.2, 0.25) is 5.91 Å². The van der Waals surface area contributed by atoms with Crippen LogP contribution < -0.4 is 10.6 Å². The second-order valence-corrected chi connectivity index (χ2v) is 4.38. The molecule has 1 amide bonds. The topological polar surface area (TPSA) is 41.1 Å². The summed E-state index contributed by atoms with van der Waals surface area (Å²) in [6.45, 7) is 10.5. The molecule has 3 nitrogen and oxygen atoms in total. The highest BCUT2D eigenvalue weighted by atomic mass is 16.2. The minimum absolute atomic E-state index is 0.0208. The molecule has 0 spiro atoms.